The van der Waals surface area contributed by atoms with Crippen LogP contribution in [0.1, 0.15) is 11.1 Å². The monoisotopic (exact) mass is 230 g/mol. The van der Waals surface area contributed by atoms with Crippen LogP contribution >= 0.6 is 0 Å². The number of hydrogen-bond donors (Lipinski definition) is 0. The third-order valence-corrected chi connectivity index (χ3v) is 3.41. The van der Waals surface area contributed by atoms with Gasteiger partial charge in [0.25, 0.3) is 0 Å². The molecule has 0 radical (unpaired) electrons. The molecule has 0 aliphatic heterocycles. The van der Waals surface area contributed by atoms with Crippen molar-refractivity contribution in [1.82, 2.24) is 0 Å². The quantitative estimate of drug-likeness (QED) is 0.525. The van der Waals surface area contributed by atoms with E-state index in [1.54, 1.807) is 0 Å². The Kier molecular flexibility index (Phi) is 2.49. The lowest BCUT2D eigenvalue weighted by Gasteiger charge is -2.09. The van der Waals surface area contributed by atoms with Gasteiger partial charge in [0.1, 0.15) is 0 Å². The molecule has 18 heavy (non-hydrogen) atoms. The predicted molar refractivity (Wildman–Crippen MR) is 81.6 cm³/mol. The zero-order valence-corrected chi connectivity index (χ0v) is 10.2. The topological polar surface area (TPSA) is 0 Å². The van der Waals surface area contributed by atoms with Crippen molar-refractivity contribution < 1.29 is 0 Å². The highest BCUT2D eigenvalue weighted by atomic mass is 14.1. The van der Waals surface area contributed by atoms with E-state index in [-0.39, 0.29) is 0 Å². The number of rotatable bonds is 2. The summed E-state index contributed by atoms with van der Waals surface area (Å²) in [5, 5.41) is 5.03. The Morgan fingerprint density at radius 1 is 0.667 bits per heavy atom. The number of fused-ring (bicyclic) bond motifs is 3. The molecule has 0 heterocycles. The van der Waals surface area contributed by atoms with Gasteiger partial charge in [-0.15, -0.1) is 0 Å². The van der Waals surface area contributed by atoms with Crippen molar-refractivity contribution in [2.75, 3.05) is 0 Å². The molecule has 0 fully saturated rings. The number of hydrogen-bond acceptors (Lipinski definition) is 0. The molecule has 0 spiro atoms. The number of benzene rings is 3. The average Bonchev–Trinajstić information content (AvgIpc) is 2.45. The molecule has 0 heteroatoms. The van der Waals surface area contributed by atoms with Crippen LogP contribution in [0.25, 0.3) is 33.7 Å². The summed E-state index contributed by atoms with van der Waals surface area (Å²) in [5.74, 6) is 0. The fourth-order valence-electron chi connectivity index (χ4n) is 2.55. The van der Waals surface area contributed by atoms with Crippen LogP contribution in [0.5, 0.6) is 0 Å². The molecule has 0 aliphatic rings. The van der Waals surface area contributed by atoms with E-state index >= 15 is 0 Å². The normalized spacial score (nSPS) is 10.7. The smallest absolute Gasteiger partial charge is 0.00328 e. The van der Waals surface area contributed by atoms with E-state index in [1.807, 2.05) is 12.2 Å². The SMILES string of the molecule is C=Cc1cccc2c1ccc1cccc(C=C)c12. The summed E-state index contributed by atoms with van der Waals surface area (Å²) < 4.78 is 0. The van der Waals surface area contributed by atoms with E-state index in [0.717, 1.165) is 0 Å². The van der Waals surface area contributed by atoms with Crippen LogP contribution in [0, 0.1) is 0 Å². The second-order valence-corrected chi connectivity index (χ2v) is 4.36. The molecule has 0 saturated heterocycles. The lowest BCUT2D eigenvalue weighted by atomic mass is 9.95. The van der Waals surface area contributed by atoms with E-state index in [0.29, 0.717) is 0 Å². The Hall–Kier alpha value is -2.34. The maximum absolute atomic E-state index is 3.91. The Bertz CT molecular complexity index is 763. The van der Waals surface area contributed by atoms with Gasteiger partial charge in [-0.1, -0.05) is 73.8 Å². The van der Waals surface area contributed by atoms with Crippen LogP contribution in [0.15, 0.2) is 61.7 Å². The van der Waals surface area contributed by atoms with Crippen LogP contribution in [0.2, 0.25) is 0 Å². The minimum atomic E-state index is 1.17. The summed E-state index contributed by atoms with van der Waals surface area (Å²) in [6, 6.07) is 17.0. The third kappa shape index (κ3) is 1.46. The van der Waals surface area contributed by atoms with Crippen molar-refractivity contribution in [1.29, 1.82) is 0 Å². The zero-order chi connectivity index (χ0) is 12.5. The maximum atomic E-state index is 3.91. The summed E-state index contributed by atoms with van der Waals surface area (Å²) in [6.07, 6.45) is 3.83. The molecule has 0 atom stereocenters. The van der Waals surface area contributed by atoms with E-state index in [4.69, 9.17) is 0 Å². The summed E-state index contributed by atoms with van der Waals surface area (Å²) in [6.45, 7) is 7.79. The van der Waals surface area contributed by atoms with Gasteiger partial charge >= 0.3 is 0 Å². The highest BCUT2D eigenvalue weighted by Crippen LogP contribution is 2.31. The lowest BCUT2D eigenvalue weighted by molar-refractivity contribution is 1.72. The molecule has 3 aromatic rings. The largest absolute Gasteiger partial charge is 0.0984 e. The van der Waals surface area contributed by atoms with Gasteiger partial charge in [0.15, 0.2) is 0 Å². The van der Waals surface area contributed by atoms with Crippen molar-refractivity contribution in [3.05, 3.63) is 72.8 Å². The average molecular weight is 230 g/mol. The first-order chi connectivity index (χ1) is 8.85. The van der Waals surface area contributed by atoms with Gasteiger partial charge < -0.3 is 0 Å². The summed E-state index contributed by atoms with van der Waals surface area (Å²) >= 11 is 0. The van der Waals surface area contributed by atoms with E-state index < -0.39 is 0 Å². The summed E-state index contributed by atoms with van der Waals surface area (Å²) in [4.78, 5) is 0. The van der Waals surface area contributed by atoms with Gasteiger partial charge in [0, 0.05) is 0 Å². The first kappa shape index (κ1) is 10.8. The molecule has 0 saturated carbocycles. The molecule has 0 unspecified atom stereocenters. The van der Waals surface area contributed by atoms with Gasteiger partial charge in [0.2, 0.25) is 0 Å². The molecule has 0 nitrogen and oxygen atoms in total. The Morgan fingerprint density at radius 2 is 1.39 bits per heavy atom. The molecule has 0 bridgehead atoms. The molecule has 0 aromatic heterocycles. The van der Waals surface area contributed by atoms with Gasteiger partial charge in [-0.2, -0.15) is 0 Å². The van der Waals surface area contributed by atoms with Crippen molar-refractivity contribution in [3.63, 3.8) is 0 Å². The minimum absolute atomic E-state index is 1.17. The van der Waals surface area contributed by atoms with Gasteiger partial charge in [-0.25, -0.2) is 0 Å². The molecule has 3 aromatic carbocycles. The zero-order valence-electron chi connectivity index (χ0n) is 10.2. The Morgan fingerprint density at radius 3 is 2.17 bits per heavy atom. The van der Waals surface area contributed by atoms with Crippen molar-refractivity contribution in [2.24, 2.45) is 0 Å². The predicted octanol–water partition coefficient (Wildman–Crippen LogP) is 5.28. The van der Waals surface area contributed by atoms with E-state index in [1.165, 1.54) is 32.7 Å². The minimum Gasteiger partial charge on any atom is -0.0984 e. The van der Waals surface area contributed by atoms with Crippen LogP contribution in [0.3, 0.4) is 0 Å². The highest BCUT2D eigenvalue weighted by Gasteiger charge is 2.05. The van der Waals surface area contributed by atoms with Crippen LogP contribution in [0.4, 0.5) is 0 Å². The third-order valence-electron chi connectivity index (χ3n) is 3.41. The van der Waals surface area contributed by atoms with Crippen molar-refractivity contribution in [2.45, 2.75) is 0 Å². The van der Waals surface area contributed by atoms with Crippen LogP contribution in [-0.2, 0) is 0 Å². The second-order valence-electron chi connectivity index (χ2n) is 4.36. The van der Waals surface area contributed by atoms with Crippen molar-refractivity contribution in [3.8, 4) is 0 Å². The maximum Gasteiger partial charge on any atom is -0.00328 e. The molecular formula is C18H14. The summed E-state index contributed by atoms with van der Waals surface area (Å²) in [7, 11) is 0. The highest BCUT2D eigenvalue weighted by molar-refractivity contribution is 6.12. The first-order valence-corrected chi connectivity index (χ1v) is 6.04. The van der Waals surface area contributed by atoms with Crippen LogP contribution < -0.4 is 0 Å². The fraction of sp³-hybridized carbons (Fsp3) is 0. The van der Waals surface area contributed by atoms with Crippen LogP contribution in [-0.4, -0.2) is 0 Å². The van der Waals surface area contributed by atoms with E-state index in [2.05, 4.69) is 61.7 Å². The molecular weight excluding hydrogens is 216 g/mol. The standard InChI is InChI=1S/C18H14/c1-3-13-7-6-10-17-16(13)12-11-15-9-5-8-14(4-2)18(15)17/h3-12H,1-2H2. The molecule has 0 amide bonds. The van der Waals surface area contributed by atoms with Gasteiger partial charge in [-0.05, 0) is 32.7 Å². The summed E-state index contributed by atoms with van der Waals surface area (Å²) in [5.41, 5.74) is 2.35. The van der Waals surface area contributed by atoms with Gasteiger partial charge in [0.05, 0.1) is 0 Å². The second kappa shape index (κ2) is 4.15. The molecule has 86 valence electrons. The molecule has 3 rings (SSSR count). The Balaban J connectivity index is 2.60. The van der Waals surface area contributed by atoms with Gasteiger partial charge in [-0.3, -0.25) is 0 Å². The van der Waals surface area contributed by atoms with E-state index in [9.17, 15) is 0 Å². The Labute approximate surface area is 107 Å². The lowest BCUT2D eigenvalue weighted by Crippen LogP contribution is -1.83. The molecule has 0 N–H and O–H groups in total. The van der Waals surface area contributed by atoms with Crippen molar-refractivity contribution >= 4 is 33.7 Å². The fourth-order valence-corrected chi connectivity index (χ4v) is 2.55. The first-order valence-electron chi connectivity index (χ1n) is 6.04. The molecule has 0 aliphatic carbocycles.